The average Bonchev–Trinajstić information content (AvgIpc) is 2.96. The molecule has 0 amide bonds. The van der Waals surface area contributed by atoms with E-state index in [1.54, 1.807) is 11.1 Å². The molecule has 1 spiro atoms. The topological polar surface area (TPSA) is 0 Å². The van der Waals surface area contributed by atoms with E-state index in [9.17, 15) is 0 Å². The van der Waals surface area contributed by atoms with Gasteiger partial charge in [-0.05, 0) is 11.1 Å². The van der Waals surface area contributed by atoms with Crippen LogP contribution in [-0.2, 0) is 10.8 Å². The van der Waals surface area contributed by atoms with Gasteiger partial charge in [0.25, 0.3) is 0 Å². The van der Waals surface area contributed by atoms with Gasteiger partial charge in [0, 0.05) is 10.8 Å². The molecule has 2 heteroatoms. The Morgan fingerprint density at radius 3 is 1.53 bits per heavy atom. The van der Waals surface area contributed by atoms with Crippen molar-refractivity contribution in [1.82, 2.24) is 0 Å². The normalized spacial score (nSPS) is 27.7. The minimum Gasteiger partial charge on any atom is -0.0720 e. The van der Waals surface area contributed by atoms with Crippen LogP contribution < -0.4 is 0 Å². The van der Waals surface area contributed by atoms with Crippen LogP contribution in [0.1, 0.15) is 38.8 Å². The van der Waals surface area contributed by atoms with Crippen molar-refractivity contribution in [2.45, 2.75) is 42.6 Å². The minimum atomic E-state index is 0.294. The van der Waals surface area contributed by atoms with Crippen LogP contribution in [0.25, 0.3) is 0 Å². The molecule has 2 aliphatic rings. The molecule has 0 atom stereocenters. The second kappa shape index (κ2) is 2.60. The molecule has 1 aromatic carbocycles. The molecule has 1 saturated heterocycles. The Hall–Kier alpha value is -0.0800. The molecule has 1 heterocycles. The van der Waals surface area contributed by atoms with Crippen molar-refractivity contribution in [1.29, 1.82) is 0 Å². The standard InChI is InChI=1S/C13H16S2/c1-11(2)9-7-5-6-8-10(9)12(3,4)13(11)14-15-13/h5-8H,1-4H3. The van der Waals surface area contributed by atoms with E-state index >= 15 is 0 Å². The van der Waals surface area contributed by atoms with Crippen LogP contribution in [0, 0.1) is 0 Å². The maximum atomic E-state index is 2.40. The van der Waals surface area contributed by atoms with Gasteiger partial charge in [-0.2, -0.15) is 0 Å². The van der Waals surface area contributed by atoms with E-state index in [0.29, 0.717) is 14.9 Å². The molecule has 1 aliphatic heterocycles. The van der Waals surface area contributed by atoms with Crippen LogP contribution in [0.2, 0.25) is 0 Å². The summed E-state index contributed by atoms with van der Waals surface area (Å²) in [5.41, 5.74) is 3.69. The Bertz CT molecular complexity index is 391. The van der Waals surface area contributed by atoms with Crippen molar-refractivity contribution in [3.8, 4) is 0 Å². The molecule has 1 fully saturated rings. The van der Waals surface area contributed by atoms with Gasteiger partial charge >= 0.3 is 0 Å². The molecule has 1 aliphatic carbocycles. The fourth-order valence-corrected chi connectivity index (χ4v) is 7.27. The fourth-order valence-electron chi connectivity index (χ4n) is 3.17. The second-order valence-corrected chi connectivity index (χ2v) is 8.40. The lowest BCUT2D eigenvalue weighted by Crippen LogP contribution is -2.39. The van der Waals surface area contributed by atoms with E-state index in [0.717, 1.165) is 0 Å². The molecular weight excluding hydrogens is 220 g/mol. The van der Waals surface area contributed by atoms with Crippen LogP contribution in [-0.4, -0.2) is 4.08 Å². The Balaban J connectivity index is 2.32. The summed E-state index contributed by atoms with van der Waals surface area (Å²) >= 11 is 0. The van der Waals surface area contributed by atoms with Crippen molar-refractivity contribution in [3.63, 3.8) is 0 Å². The Kier molecular flexibility index (Phi) is 1.75. The lowest BCUT2D eigenvalue weighted by Gasteiger charge is -2.33. The Labute approximate surface area is 99.6 Å². The summed E-state index contributed by atoms with van der Waals surface area (Å²) in [6.45, 7) is 9.59. The van der Waals surface area contributed by atoms with E-state index in [4.69, 9.17) is 0 Å². The van der Waals surface area contributed by atoms with Crippen LogP contribution in [0.4, 0.5) is 0 Å². The molecule has 0 bridgehead atoms. The third-order valence-electron chi connectivity index (χ3n) is 4.17. The van der Waals surface area contributed by atoms with Gasteiger partial charge < -0.3 is 0 Å². The van der Waals surface area contributed by atoms with Crippen molar-refractivity contribution in [2.75, 3.05) is 0 Å². The van der Waals surface area contributed by atoms with E-state index in [-0.39, 0.29) is 0 Å². The molecule has 0 radical (unpaired) electrons. The molecule has 15 heavy (non-hydrogen) atoms. The quantitative estimate of drug-likeness (QED) is 0.485. The summed E-state index contributed by atoms with van der Waals surface area (Å²) in [5.74, 6) is 0. The zero-order chi connectivity index (χ0) is 10.9. The third kappa shape index (κ3) is 0.938. The molecule has 0 nitrogen and oxygen atoms in total. The van der Waals surface area contributed by atoms with E-state index < -0.39 is 0 Å². The van der Waals surface area contributed by atoms with Crippen LogP contribution in [0.3, 0.4) is 0 Å². The zero-order valence-electron chi connectivity index (χ0n) is 9.63. The highest BCUT2D eigenvalue weighted by Crippen LogP contribution is 2.82. The van der Waals surface area contributed by atoms with Crippen molar-refractivity contribution < 1.29 is 0 Å². The second-order valence-electron chi connectivity index (χ2n) is 5.58. The molecule has 80 valence electrons. The maximum absolute atomic E-state index is 2.40. The van der Waals surface area contributed by atoms with Gasteiger partial charge in [0.15, 0.2) is 0 Å². The highest BCUT2D eigenvalue weighted by molar-refractivity contribution is 8.93. The SMILES string of the molecule is CC1(C)c2ccccc2C(C)(C)C12SS2. The predicted octanol–water partition coefficient (Wildman–Crippen LogP) is 4.35. The van der Waals surface area contributed by atoms with Gasteiger partial charge in [0.2, 0.25) is 0 Å². The van der Waals surface area contributed by atoms with Crippen molar-refractivity contribution in [2.24, 2.45) is 0 Å². The first-order chi connectivity index (χ1) is 6.93. The third-order valence-corrected chi connectivity index (χ3v) is 8.21. The van der Waals surface area contributed by atoms with Gasteiger partial charge in [0.05, 0.1) is 4.08 Å². The van der Waals surface area contributed by atoms with Crippen LogP contribution in [0.15, 0.2) is 24.3 Å². The van der Waals surface area contributed by atoms with E-state index in [1.807, 2.05) is 0 Å². The lowest BCUT2D eigenvalue weighted by molar-refractivity contribution is 0.399. The molecular formula is C13H16S2. The van der Waals surface area contributed by atoms with E-state index in [2.05, 4.69) is 73.5 Å². The first-order valence-electron chi connectivity index (χ1n) is 5.40. The van der Waals surface area contributed by atoms with Gasteiger partial charge in [-0.25, -0.2) is 0 Å². The number of rotatable bonds is 0. The fraction of sp³-hybridized carbons (Fsp3) is 0.538. The maximum Gasteiger partial charge on any atom is 0.0999 e. The largest absolute Gasteiger partial charge is 0.0999 e. The molecule has 3 rings (SSSR count). The monoisotopic (exact) mass is 236 g/mol. The highest BCUT2D eigenvalue weighted by atomic mass is 33.2. The van der Waals surface area contributed by atoms with Crippen LogP contribution >= 0.6 is 21.6 Å². The molecule has 0 unspecified atom stereocenters. The number of hydrogen-bond acceptors (Lipinski definition) is 2. The summed E-state index contributed by atoms with van der Waals surface area (Å²) in [5, 5.41) is 0. The zero-order valence-corrected chi connectivity index (χ0v) is 11.3. The minimum absolute atomic E-state index is 0.294. The number of benzene rings is 1. The first kappa shape index (κ1) is 10.1. The summed E-state index contributed by atoms with van der Waals surface area (Å²) in [7, 11) is 4.13. The smallest absolute Gasteiger partial charge is 0.0720 e. The van der Waals surface area contributed by atoms with Gasteiger partial charge in [-0.3, -0.25) is 0 Å². The summed E-state index contributed by atoms with van der Waals surface area (Å²) in [6.07, 6.45) is 0. The molecule has 0 aromatic heterocycles. The van der Waals surface area contributed by atoms with Crippen LogP contribution in [0.5, 0.6) is 0 Å². The van der Waals surface area contributed by atoms with Gasteiger partial charge in [-0.15, -0.1) is 0 Å². The van der Waals surface area contributed by atoms with Gasteiger partial charge in [-0.1, -0.05) is 73.5 Å². The summed E-state index contributed by atoms with van der Waals surface area (Å²) in [4.78, 5) is 0. The number of hydrogen-bond donors (Lipinski definition) is 0. The molecule has 0 saturated carbocycles. The molecule has 0 N–H and O–H groups in total. The van der Waals surface area contributed by atoms with Crippen molar-refractivity contribution >= 4 is 21.6 Å². The summed E-state index contributed by atoms with van der Waals surface area (Å²) < 4.78 is 0.379. The Morgan fingerprint density at radius 2 is 1.20 bits per heavy atom. The lowest BCUT2D eigenvalue weighted by atomic mass is 9.80. The predicted molar refractivity (Wildman–Crippen MR) is 70.4 cm³/mol. The number of fused-ring (bicyclic) bond motifs is 1. The van der Waals surface area contributed by atoms with Crippen molar-refractivity contribution in [3.05, 3.63) is 35.4 Å². The summed E-state index contributed by atoms with van der Waals surface area (Å²) in [6, 6.07) is 8.97. The average molecular weight is 236 g/mol. The Morgan fingerprint density at radius 1 is 0.800 bits per heavy atom. The van der Waals surface area contributed by atoms with E-state index in [1.165, 1.54) is 0 Å². The van der Waals surface area contributed by atoms with Gasteiger partial charge in [0.1, 0.15) is 0 Å². The highest BCUT2D eigenvalue weighted by Gasteiger charge is 2.71. The molecule has 1 aromatic rings. The first-order valence-corrected chi connectivity index (χ1v) is 7.55.